The van der Waals surface area contributed by atoms with Gasteiger partial charge in [-0.25, -0.2) is 8.78 Å². The second-order valence-electron chi connectivity index (χ2n) is 4.72. The lowest BCUT2D eigenvalue weighted by atomic mass is 9.97. The van der Waals surface area contributed by atoms with Crippen molar-refractivity contribution in [1.29, 1.82) is 0 Å². The Labute approximate surface area is 136 Å². The number of nitrogens with one attached hydrogen (secondary N) is 1. The van der Waals surface area contributed by atoms with Gasteiger partial charge in [0.2, 0.25) is 0 Å². The monoisotopic (exact) mass is 373 g/mol. The Morgan fingerprint density at radius 2 is 1.71 bits per heavy atom. The summed E-state index contributed by atoms with van der Waals surface area (Å²) < 4.78 is 29.0. The summed E-state index contributed by atoms with van der Waals surface area (Å²) in [4.78, 5) is 0. The van der Waals surface area contributed by atoms with Gasteiger partial charge < -0.3 is 5.32 Å². The first-order valence-corrected chi connectivity index (χ1v) is 7.83. The molecule has 21 heavy (non-hydrogen) atoms. The summed E-state index contributed by atoms with van der Waals surface area (Å²) in [6, 6.07) is 8.67. The Bertz CT molecular complexity index is 582. The minimum absolute atomic E-state index is 0.321. The van der Waals surface area contributed by atoms with Gasteiger partial charge in [0.25, 0.3) is 0 Å². The van der Waals surface area contributed by atoms with Crippen LogP contribution in [0.1, 0.15) is 30.5 Å². The van der Waals surface area contributed by atoms with Gasteiger partial charge >= 0.3 is 0 Å². The van der Waals surface area contributed by atoms with Crippen LogP contribution in [0.25, 0.3) is 0 Å². The summed E-state index contributed by atoms with van der Waals surface area (Å²) >= 11 is 9.01. The molecule has 1 nitrogen and oxygen atoms in total. The van der Waals surface area contributed by atoms with Crippen molar-refractivity contribution < 1.29 is 8.78 Å². The second kappa shape index (κ2) is 7.34. The van der Waals surface area contributed by atoms with E-state index in [0.29, 0.717) is 27.2 Å². The molecule has 0 radical (unpaired) electrons. The SMILES string of the molecule is CCCNC(c1ccc(Cl)cc1F)c1ccc(Br)cc1F. The maximum atomic E-state index is 14.2. The molecule has 5 heteroatoms. The molecule has 0 heterocycles. The first-order chi connectivity index (χ1) is 10.0. The van der Waals surface area contributed by atoms with Gasteiger partial charge in [-0.3, -0.25) is 0 Å². The fourth-order valence-corrected chi connectivity index (χ4v) is 2.64. The predicted molar refractivity (Wildman–Crippen MR) is 85.6 cm³/mol. The molecular weight excluding hydrogens is 360 g/mol. The molecule has 0 amide bonds. The molecule has 2 aromatic rings. The maximum Gasteiger partial charge on any atom is 0.129 e. The van der Waals surface area contributed by atoms with Crippen molar-refractivity contribution in [3.05, 3.63) is 68.7 Å². The van der Waals surface area contributed by atoms with Crippen LogP contribution in [0.15, 0.2) is 40.9 Å². The van der Waals surface area contributed by atoms with E-state index in [1.807, 2.05) is 6.92 Å². The third kappa shape index (κ3) is 4.02. The lowest BCUT2D eigenvalue weighted by Crippen LogP contribution is -2.25. The average Bonchev–Trinajstić information content (AvgIpc) is 2.42. The van der Waals surface area contributed by atoms with Gasteiger partial charge in [-0.05, 0) is 37.2 Å². The second-order valence-corrected chi connectivity index (χ2v) is 6.07. The van der Waals surface area contributed by atoms with E-state index >= 15 is 0 Å². The number of benzene rings is 2. The van der Waals surface area contributed by atoms with E-state index in [1.165, 1.54) is 12.1 Å². The highest BCUT2D eigenvalue weighted by molar-refractivity contribution is 9.10. The number of hydrogen-bond donors (Lipinski definition) is 1. The molecule has 2 aromatic carbocycles. The van der Waals surface area contributed by atoms with Crippen LogP contribution in [0.3, 0.4) is 0 Å². The van der Waals surface area contributed by atoms with Gasteiger partial charge in [0.1, 0.15) is 11.6 Å². The van der Waals surface area contributed by atoms with Crippen LogP contribution in [0.5, 0.6) is 0 Å². The first kappa shape index (κ1) is 16.4. The highest BCUT2D eigenvalue weighted by atomic mass is 79.9. The smallest absolute Gasteiger partial charge is 0.129 e. The fourth-order valence-electron chi connectivity index (χ4n) is 2.15. The maximum absolute atomic E-state index is 14.2. The molecule has 0 aliphatic rings. The van der Waals surface area contributed by atoms with E-state index in [4.69, 9.17) is 11.6 Å². The molecule has 112 valence electrons. The van der Waals surface area contributed by atoms with Crippen LogP contribution in [0.2, 0.25) is 5.02 Å². The zero-order valence-corrected chi connectivity index (χ0v) is 13.8. The molecule has 1 unspecified atom stereocenters. The molecular formula is C16H15BrClF2N. The van der Waals surface area contributed by atoms with E-state index in [-0.39, 0.29) is 5.82 Å². The minimum Gasteiger partial charge on any atom is -0.306 e. The summed E-state index contributed by atoms with van der Waals surface area (Å²) in [6.45, 7) is 2.66. The van der Waals surface area contributed by atoms with E-state index < -0.39 is 11.9 Å². The molecule has 0 spiro atoms. The Kier molecular flexibility index (Phi) is 5.73. The van der Waals surface area contributed by atoms with Crippen LogP contribution < -0.4 is 5.32 Å². The van der Waals surface area contributed by atoms with E-state index in [9.17, 15) is 8.78 Å². The number of rotatable bonds is 5. The Morgan fingerprint density at radius 1 is 1.10 bits per heavy atom. The van der Waals surface area contributed by atoms with Crippen molar-refractivity contribution in [3.63, 3.8) is 0 Å². The van der Waals surface area contributed by atoms with Crippen molar-refractivity contribution in [3.8, 4) is 0 Å². The van der Waals surface area contributed by atoms with Gasteiger partial charge in [0.05, 0.1) is 6.04 Å². The Balaban J connectivity index is 2.46. The molecule has 0 fully saturated rings. The minimum atomic E-state index is -0.546. The van der Waals surface area contributed by atoms with Crippen molar-refractivity contribution >= 4 is 27.5 Å². The quantitative estimate of drug-likeness (QED) is 0.732. The highest BCUT2D eigenvalue weighted by Crippen LogP contribution is 2.29. The molecule has 1 N–H and O–H groups in total. The molecule has 0 aliphatic carbocycles. The Morgan fingerprint density at radius 3 is 2.29 bits per heavy atom. The third-order valence-corrected chi connectivity index (χ3v) is 3.87. The van der Waals surface area contributed by atoms with Crippen molar-refractivity contribution in [1.82, 2.24) is 5.32 Å². The molecule has 0 saturated carbocycles. The standard InChI is InChI=1S/C16H15BrClF2N/c1-2-7-21-16(12-5-3-10(17)8-14(12)19)13-6-4-11(18)9-15(13)20/h3-6,8-9,16,21H,2,7H2,1H3. The topological polar surface area (TPSA) is 12.0 Å². The lowest BCUT2D eigenvalue weighted by molar-refractivity contribution is 0.520. The van der Waals surface area contributed by atoms with Crippen molar-refractivity contribution in [2.45, 2.75) is 19.4 Å². The molecule has 0 bridgehead atoms. The third-order valence-electron chi connectivity index (χ3n) is 3.15. The van der Waals surface area contributed by atoms with Gasteiger partial charge in [-0.15, -0.1) is 0 Å². The summed E-state index contributed by atoms with van der Waals surface area (Å²) in [5, 5.41) is 3.51. The fraction of sp³-hybridized carbons (Fsp3) is 0.250. The number of halogens is 4. The van der Waals surface area contributed by atoms with Crippen LogP contribution in [-0.4, -0.2) is 6.54 Å². The molecule has 0 aromatic heterocycles. The predicted octanol–water partition coefficient (Wildman–Crippen LogP) is 5.47. The van der Waals surface area contributed by atoms with Crippen molar-refractivity contribution in [2.24, 2.45) is 0 Å². The van der Waals surface area contributed by atoms with E-state index in [0.717, 1.165) is 6.42 Å². The molecule has 0 aliphatic heterocycles. The van der Waals surface area contributed by atoms with Gasteiger partial charge in [-0.2, -0.15) is 0 Å². The van der Waals surface area contributed by atoms with Crippen LogP contribution in [0, 0.1) is 11.6 Å². The molecule has 0 saturated heterocycles. The van der Waals surface area contributed by atoms with Gasteiger partial charge in [-0.1, -0.05) is 46.6 Å². The normalized spacial score (nSPS) is 12.4. The van der Waals surface area contributed by atoms with Crippen LogP contribution >= 0.6 is 27.5 Å². The lowest BCUT2D eigenvalue weighted by Gasteiger charge is -2.21. The zero-order chi connectivity index (χ0) is 15.4. The first-order valence-electron chi connectivity index (χ1n) is 6.66. The summed E-state index contributed by atoms with van der Waals surface area (Å²) in [5.74, 6) is -0.828. The average molecular weight is 375 g/mol. The van der Waals surface area contributed by atoms with Gasteiger partial charge in [0, 0.05) is 20.6 Å². The van der Waals surface area contributed by atoms with Crippen LogP contribution in [0.4, 0.5) is 8.78 Å². The molecule has 1 atom stereocenters. The van der Waals surface area contributed by atoms with E-state index in [2.05, 4.69) is 21.2 Å². The van der Waals surface area contributed by atoms with E-state index in [1.54, 1.807) is 24.3 Å². The summed E-state index contributed by atoms with van der Waals surface area (Å²) in [7, 11) is 0. The zero-order valence-electron chi connectivity index (χ0n) is 11.5. The Hall–Kier alpha value is -0.970. The van der Waals surface area contributed by atoms with Crippen LogP contribution in [-0.2, 0) is 0 Å². The van der Waals surface area contributed by atoms with Gasteiger partial charge in [0.15, 0.2) is 0 Å². The summed E-state index contributed by atoms with van der Waals surface area (Å²) in [5.41, 5.74) is 0.793. The summed E-state index contributed by atoms with van der Waals surface area (Å²) in [6.07, 6.45) is 0.865. The largest absolute Gasteiger partial charge is 0.306 e. The van der Waals surface area contributed by atoms with Crippen molar-refractivity contribution in [2.75, 3.05) is 6.54 Å². The molecule has 2 rings (SSSR count). The number of hydrogen-bond acceptors (Lipinski definition) is 1. The highest BCUT2D eigenvalue weighted by Gasteiger charge is 2.20.